The van der Waals surface area contributed by atoms with Gasteiger partial charge in [0.2, 0.25) is 5.95 Å². The number of halogens is 1. The van der Waals surface area contributed by atoms with E-state index < -0.39 is 5.82 Å². The zero-order chi connectivity index (χ0) is 15.4. The summed E-state index contributed by atoms with van der Waals surface area (Å²) >= 11 is 0. The van der Waals surface area contributed by atoms with Crippen molar-refractivity contribution in [2.24, 2.45) is 5.92 Å². The molecule has 6 nitrogen and oxygen atoms in total. The number of aliphatic hydroxyl groups excluding tert-OH is 1. The lowest BCUT2D eigenvalue weighted by Crippen LogP contribution is -2.31. The van der Waals surface area contributed by atoms with Crippen molar-refractivity contribution in [3.05, 3.63) is 18.1 Å². The standard InChI is InChI=1S/C14H20FN5O/c1-3-4-8(2)11(7-21)18-13-12-10(19-14(16)20-13)5-9(15)6-17-12/h5-6,8,11,21H,3-4,7H2,1-2H3,(H3,16,18,19,20)/t8-,11?/m0/s1. The summed E-state index contributed by atoms with van der Waals surface area (Å²) in [4.78, 5) is 12.1. The first-order valence-electron chi connectivity index (χ1n) is 7.01. The van der Waals surface area contributed by atoms with Crippen LogP contribution in [0.2, 0.25) is 0 Å². The Labute approximate surface area is 122 Å². The highest BCUT2D eigenvalue weighted by Gasteiger charge is 2.18. The molecule has 0 saturated heterocycles. The Balaban J connectivity index is 2.36. The van der Waals surface area contributed by atoms with E-state index in [9.17, 15) is 9.50 Å². The first kappa shape index (κ1) is 15.4. The number of nitrogens with one attached hydrogen (secondary N) is 1. The molecule has 0 fully saturated rings. The van der Waals surface area contributed by atoms with E-state index >= 15 is 0 Å². The third-order valence-electron chi connectivity index (χ3n) is 3.47. The molecule has 2 aromatic rings. The van der Waals surface area contributed by atoms with Crippen LogP contribution in [0.25, 0.3) is 11.0 Å². The summed E-state index contributed by atoms with van der Waals surface area (Å²) in [5.41, 5.74) is 6.43. The van der Waals surface area contributed by atoms with E-state index in [1.807, 2.05) is 0 Å². The van der Waals surface area contributed by atoms with Crippen molar-refractivity contribution in [3.63, 3.8) is 0 Å². The molecule has 0 aliphatic rings. The molecule has 1 unspecified atom stereocenters. The van der Waals surface area contributed by atoms with Crippen molar-refractivity contribution in [3.8, 4) is 0 Å². The maximum absolute atomic E-state index is 13.2. The highest BCUT2D eigenvalue weighted by molar-refractivity contribution is 5.86. The Morgan fingerprint density at radius 1 is 1.43 bits per heavy atom. The van der Waals surface area contributed by atoms with Gasteiger partial charge >= 0.3 is 0 Å². The van der Waals surface area contributed by atoms with Gasteiger partial charge in [-0.3, -0.25) is 0 Å². The lowest BCUT2D eigenvalue weighted by atomic mass is 9.97. The summed E-state index contributed by atoms with van der Waals surface area (Å²) in [7, 11) is 0. The molecule has 0 aliphatic carbocycles. The van der Waals surface area contributed by atoms with Gasteiger partial charge in [0.1, 0.15) is 11.3 Å². The minimum atomic E-state index is -0.482. The average molecular weight is 293 g/mol. The monoisotopic (exact) mass is 293 g/mol. The first-order valence-corrected chi connectivity index (χ1v) is 7.01. The van der Waals surface area contributed by atoms with E-state index in [4.69, 9.17) is 5.73 Å². The quantitative estimate of drug-likeness (QED) is 0.753. The normalized spacial score (nSPS) is 14.1. The average Bonchev–Trinajstić information content (AvgIpc) is 2.43. The molecule has 0 bridgehead atoms. The number of hydrogen-bond acceptors (Lipinski definition) is 6. The lowest BCUT2D eigenvalue weighted by Gasteiger charge is -2.23. The predicted molar refractivity (Wildman–Crippen MR) is 80.3 cm³/mol. The molecule has 2 rings (SSSR count). The lowest BCUT2D eigenvalue weighted by molar-refractivity contribution is 0.238. The van der Waals surface area contributed by atoms with Crippen LogP contribution >= 0.6 is 0 Å². The van der Waals surface area contributed by atoms with Crippen molar-refractivity contribution in [2.75, 3.05) is 17.7 Å². The third kappa shape index (κ3) is 3.55. The minimum absolute atomic E-state index is 0.0340. The second kappa shape index (κ2) is 6.62. The summed E-state index contributed by atoms with van der Waals surface area (Å²) in [5.74, 6) is 0.230. The summed E-state index contributed by atoms with van der Waals surface area (Å²) in [6, 6.07) is 1.09. The van der Waals surface area contributed by atoms with E-state index in [1.54, 1.807) is 0 Å². The topological polar surface area (TPSA) is 97.0 Å². The van der Waals surface area contributed by atoms with Gasteiger partial charge < -0.3 is 16.2 Å². The molecule has 0 amide bonds. The molecule has 2 aromatic heterocycles. The molecule has 0 aliphatic heterocycles. The Morgan fingerprint density at radius 2 is 2.19 bits per heavy atom. The van der Waals surface area contributed by atoms with E-state index in [0.29, 0.717) is 16.9 Å². The highest BCUT2D eigenvalue weighted by Crippen LogP contribution is 2.22. The van der Waals surface area contributed by atoms with Crippen LogP contribution in [0.1, 0.15) is 26.7 Å². The number of rotatable bonds is 6. The van der Waals surface area contributed by atoms with Gasteiger partial charge in [-0.1, -0.05) is 20.3 Å². The minimum Gasteiger partial charge on any atom is -0.394 e. The van der Waals surface area contributed by atoms with Gasteiger partial charge in [0, 0.05) is 6.07 Å². The molecule has 0 spiro atoms. The van der Waals surface area contributed by atoms with Crippen LogP contribution < -0.4 is 11.1 Å². The van der Waals surface area contributed by atoms with Gasteiger partial charge in [-0.15, -0.1) is 0 Å². The Hall–Kier alpha value is -2.02. The number of nitrogen functional groups attached to an aromatic ring is 1. The third-order valence-corrected chi connectivity index (χ3v) is 3.47. The fourth-order valence-corrected chi connectivity index (χ4v) is 2.31. The predicted octanol–water partition coefficient (Wildman–Crippen LogP) is 1.96. The number of fused-ring (bicyclic) bond motifs is 1. The van der Waals surface area contributed by atoms with Crippen molar-refractivity contribution in [1.82, 2.24) is 15.0 Å². The number of anilines is 2. The van der Waals surface area contributed by atoms with Crippen molar-refractivity contribution in [1.29, 1.82) is 0 Å². The van der Waals surface area contributed by atoms with Crippen LogP contribution in [-0.2, 0) is 0 Å². The SMILES string of the molecule is CCC[C@H](C)C(CO)Nc1nc(N)nc2cc(F)cnc12. The largest absolute Gasteiger partial charge is 0.394 e. The van der Waals surface area contributed by atoms with Gasteiger partial charge in [0.05, 0.1) is 24.4 Å². The number of pyridine rings is 1. The summed E-state index contributed by atoms with van der Waals surface area (Å²) in [6.45, 7) is 4.11. The maximum atomic E-state index is 13.2. The van der Waals surface area contributed by atoms with Gasteiger partial charge in [0.15, 0.2) is 5.82 Å². The first-order chi connectivity index (χ1) is 10.0. The number of nitrogens with two attached hydrogens (primary N) is 1. The van der Waals surface area contributed by atoms with Crippen LogP contribution in [0.15, 0.2) is 12.3 Å². The molecule has 0 aromatic carbocycles. The number of hydrogen-bond donors (Lipinski definition) is 3. The van der Waals surface area contributed by atoms with Gasteiger partial charge in [-0.25, -0.2) is 14.4 Å². The van der Waals surface area contributed by atoms with E-state index in [-0.39, 0.29) is 24.5 Å². The van der Waals surface area contributed by atoms with Gasteiger partial charge in [-0.2, -0.15) is 4.98 Å². The molecule has 0 radical (unpaired) electrons. The van der Waals surface area contributed by atoms with Crippen molar-refractivity contribution >= 4 is 22.8 Å². The maximum Gasteiger partial charge on any atom is 0.222 e. The molecular weight excluding hydrogens is 273 g/mol. The summed E-state index contributed by atoms with van der Waals surface area (Å²) < 4.78 is 13.2. The molecule has 2 atom stereocenters. The van der Waals surface area contributed by atoms with E-state index in [0.717, 1.165) is 19.0 Å². The molecule has 4 N–H and O–H groups in total. The van der Waals surface area contributed by atoms with Crippen LogP contribution in [0.3, 0.4) is 0 Å². The number of aliphatic hydroxyl groups is 1. The van der Waals surface area contributed by atoms with Crippen molar-refractivity contribution in [2.45, 2.75) is 32.7 Å². The molecule has 7 heteroatoms. The Morgan fingerprint density at radius 3 is 2.86 bits per heavy atom. The smallest absolute Gasteiger partial charge is 0.222 e. The zero-order valence-electron chi connectivity index (χ0n) is 12.2. The van der Waals surface area contributed by atoms with Crippen LogP contribution in [0.4, 0.5) is 16.2 Å². The molecule has 2 heterocycles. The van der Waals surface area contributed by atoms with E-state index in [2.05, 4.69) is 34.1 Å². The number of nitrogens with zero attached hydrogens (tertiary/aromatic N) is 3. The highest BCUT2D eigenvalue weighted by atomic mass is 19.1. The Kier molecular flexibility index (Phi) is 4.85. The summed E-state index contributed by atoms with van der Waals surface area (Å²) in [6.07, 6.45) is 3.10. The molecule has 114 valence electrons. The fourth-order valence-electron chi connectivity index (χ4n) is 2.31. The molecular formula is C14H20FN5O. The van der Waals surface area contributed by atoms with E-state index in [1.165, 1.54) is 6.07 Å². The number of aromatic nitrogens is 3. The molecule has 0 saturated carbocycles. The fraction of sp³-hybridized carbons (Fsp3) is 0.500. The second-order valence-electron chi connectivity index (χ2n) is 5.15. The van der Waals surface area contributed by atoms with Crippen molar-refractivity contribution < 1.29 is 9.50 Å². The zero-order valence-corrected chi connectivity index (χ0v) is 12.2. The van der Waals surface area contributed by atoms with Crippen LogP contribution in [0, 0.1) is 11.7 Å². The second-order valence-corrected chi connectivity index (χ2v) is 5.15. The summed E-state index contributed by atoms with van der Waals surface area (Å²) in [5, 5.41) is 12.7. The molecule has 21 heavy (non-hydrogen) atoms. The van der Waals surface area contributed by atoms with Gasteiger partial charge in [-0.05, 0) is 12.3 Å². The van der Waals surface area contributed by atoms with Crippen LogP contribution in [0.5, 0.6) is 0 Å². The van der Waals surface area contributed by atoms with Crippen LogP contribution in [-0.4, -0.2) is 32.7 Å². The Bertz CT molecular complexity index is 616. The van der Waals surface area contributed by atoms with Gasteiger partial charge in [0.25, 0.3) is 0 Å².